The Morgan fingerprint density at radius 1 is 1.65 bits per heavy atom. The van der Waals surface area contributed by atoms with Gasteiger partial charge in [0.25, 0.3) is 5.91 Å². The van der Waals surface area contributed by atoms with Crippen molar-refractivity contribution in [2.24, 2.45) is 0 Å². The van der Waals surface area contributed by atoms with Gasteiger partial charge in [-0.1, -0.05) is 15.9 Å². The van der Waals surface area contributed by atoms with E-state index in [1.807, 2.05) is 0 Å². The van der Waals surface area contributed by atoms with E-state index in [1.165, 1.54) is 12.3 Å². The molecule has 17 heavy (non-hydrogen) atoms. The molecule has 0 aromatic carbocycles. The van der Waals surface area contributed by atoms with Crippen LogP contribution in [-0.4, -0.2) is 46.9 Å². The average molecular weight is 301 g/mol. The van der Waals surface area contributed by atoms with Crippen molar-refractivity contribution < 1.29 is 9.53 Å². The van der Waals surface area contributed by atoms with E-state index < -0.39 is 0 Å². The van der Waals surface area contributed by atoms with Gasteiger partial charge in [0.2, 0.25) is 5.56 Å². The van der Waals surface area contributed by atoms with Crippen LogP contribution in [-0.2, 0) is 4.74 Å². The molecule has 0 aliphatic carbocycles. The molecule has 0 spiro atoms. The van der Waals surface area contributed by atoms with Gasteiger partial charge in [0.1, 0.15) is 0 Å². The SMILES string of the molecule is O=C(c1cc[nH]c(=O)c1)N1CCOCC1CBr. The number of hydrogen-bond donors (Lipinski definition) is 1. The van der Waals surface area contributed by atoms with Gasteiger partial charge in [-0.25, -0.2) is 0 Å². The molecule has 1 atom stereocenters. The maximum atomic E-state index is 12.2. The first-order valence-electron chi connectivity index (χ1n) is 5.36. The number of H-pyrrole nitrogens is 1. The molecule has 2 rings (SSSR count). The lowest BCUT2D eigenvalue weighted by Gasteiger charge is -2.34. The standard InChI is InChI=1S/C11H13BrN2O3/c12-6-9-7-17-4-3-14(9)11(16)8-1-2-13-10(15)5-8/h1-2,5,9H,3-4,6-7H2,(H,13,15). The largest absolute Gasteiger partial charge is 0.377 e. The minimum Gasteiger partial charge on any atom is -0.377 e. The lowest BCUT2D eigenvalue weighted by molar-refractivity contribution is 0.00523. The van der Waals surface area contributed by atoms with Crippen LogP contribution >= 0.6 is 15.9 Å². The van der Waals surface area contributed by atoms with Crippen LogP contribution in [0.15, 0.2) is 23.1 Å². The van der Waals surface area contributed by atoms with Crippen molar-refractivity contribution in [2.75, 3.05) is 25.1 Å². The lowest BCUT2D eigenvalue weighted by atomic mass is 10.2. The van der Waals surface area contributed by atoms with Crippen molar-refractivity contribution >= 4 is 21.8 Å². The number of halogens is 1. The summed E-state index contributed by atoms with van der Waals surface area (Å²) in [5, 5.41) is 0.669. The highest BCUT2D eigenvalue weighted by atomic mass is 79.9. The van der Waals surface area contributed by atoms with Gasteiger partial charge in [0.05, 0.1) is 19.3 Å². The fourth-order valence-corrected chi connectivity index (χ4v) is 2.33. The zero-order valence-corrected chi connectivity index (χ0v) is 10.8. The Balaban J connectivity index is 2.21. The van der Waals surface area contributed by atoms with Crippen molar-refractivity contribution in [3.05, 3.63) is 34.2 Å². The maximum absolute atomic E-state index is 12.2. The molecule has 1 amide bonds. The summed E-state index contributed by atoms with van der Waals surface area (Å²) in [5.41, 5.74) is 0.154. The molecule has 92 valence electrons. The topological polar surface area (TPSA) is 62.4 Å². The molecule has 6 heteroatoms. The zero-order valence-electron chi connectivity index (χ0n) is 9.19. The normalized spacial score (nSPS) is 20.3. The number of alkyl halides is 1. The van der Waals surface area contributed by atoms with Crippen molar-refractivity contribution in [3.8, 4) is 0 Å². The summed E-state index contributed by atoms with van der Waals surface area (Å²) in [6.07, 6.45) is 1.49. The summed E-state index contributed by atoms with van der Waals surface area (Å²) < 4.78 is 5.32. The summed E-state index contributed by atoms with van der Waals surface area (Å²) in [6.45, 7) is 1.63. The number of amides is 1. The molecule has 1 aromatic heterocycles. The number of carbonyl (C=O) groups is 1. The first-order valence-corrected chi connectivity index (χ1v) is 6.48. The van der Waals surface area contributed by atoms with E-state index in [0.29, 0.717) is 30.7 Å². The van der Waals surface area contributed by atoms with Crippen molar-refractivity contribution in [3.63, 3.8) is 0 Å². The van der Waals surface area contributed by atoms with Crippen LogP contribution in [0.5, 0.6) is 0 Å². The van der Waals surface area contributed by atoms with Crippen LogP contribution in [0, 0.1) is 0 Å². The third-order valence-electron chi connectivity index (χ3n) is 2.69. The number of hydrogen-bond acceptors (Lipinski definition) is 3. The second-order valence-electron chi connectivity index (χ2n) is 3.82. The molecular formula is C11H13BrN2O3. The van der Waals surface area contributed by atoms with E-state index in [2.05, 4.69) is 20.9 Å². The van der Waals surface area contributed by atoms with E-state index in [4.69, 9.17) is 4.74 Å². The van der Waals surface area contributed by atoms with Gasteiger partial charge in [0, 0.05) is 29.7 Å². The third kappa shape index (κ3) is 2.76. The molecule has 1 aliphatic rings. The highest BCUT2D eigenvalue weighted by molar-refractivity contribution is 9.09. The van der Waals surface area contributed by atoms with E-state index in [-0.39, 0.29) is 17.5 Å². The molecule has 5 nitrogen and oxygen atoms in total. The molecular weight excluding hydrogens is 288 g/mol. The smallest absolute Gasteiger partial charge is 0.254 e. The summed E-state index contributed by atoms with van der Waals surface area (Å²) in [6, 6.07) is 2.96. The summed E-state index contributed by atoms with van der Waals surface area (Å²) >= 11 is 3.36. The minimum absolute atomic E-state index is 0.0236. The molecule has 1 aliphatic heterocycles. The van der Waals surface area contributed by atoms with Gasteiger partial charge in [-0.05, 0) is 6.07 Å². The summed E-state index contributed by atoms with van der Waals surface area (Å²) in [4.78, 5) is 27.6. The summed E-state index contributed by atoms with van der Waals surface area (Å²) in [7, 11) is 0. The van der Waals surface area contributed by atoms with Gasteiger partial charge in [-0.15, -0.1) is 0 Å². The minimum atomic E-state index is -0.264. The molecule has 1 unspecified atom stereocenters. The van der Waals surface area contributed by atoms with Crippen LogP contribution in [0.3, 0.4) is 0 Å². The molecule has 0 radical (unpaired) electrons. The first-order chi connectivity index (χ1) is 8.22. The maximum Gasteiger partial charge on any atom is 0.254 e. The number of pyridine rings is 1. The second kappa shape index (κ2) is 5.46. The molecule has 1 saturated heterocycles. The Labute approximate surface area is 107 Å². The number of aromatic nitrogens is 1. The van der Waals surface area contributed by atoms with Gasteiger partial charge in [0.15, 0.2) is 0 Å². The van der Waals surface area contributed by atoms with Gasteiger partial charge in [-0.3, -0.25) is 9.59 Å². The lowest BCUT2D eigenvalue weighted by Crippen LogP contribution is -2.49. The molecule has 1 aromatic rings. The van der Waals surface area contributed by atoms with Crippen LogP contribution in [0.2, 0.25) is 0 Å². The molecule has 2 heterocycles. The predicted octanol–water partition coefficient (Wildman–Crippen LogP) is 0.611. The van der Waals surface area contributed by atoms with E-state index in [1.54, 1.807) is 11.0 Å². The number of nitrogens with zero attached hydrogens (tertiary/aromatic N) is 1. The van der Waals surface area contributed by atoms with E-state index in [9.17, 15) is 9.59 Å². The van der Waals surface area contributed by atoms with Crippen LogP contribution in [0.4, 0.5) is 0 Å². The zero-order chi connectivity index (χ0) is 12.3. The van der Waals surface area contributed by atoms with Crippen LogP contribution < -0.4 is 5.56 Å². The van der Waals surface area contributed by atoms with Gasteiger partial charge >= 0.3 is 0 Å². The predicted molar refractivity (Wildman–Crippen MR) is 66.5 cm³/mol. The number of rotatable bonds is 2. The van der Waals surface area contributed by atoms with Gasteiger partial charge in [-0.2, -0.15) is 0 Å². The fraction of sp³-hybridized carbons (Fsp3) is 0.455. The van der Waals surface area contributed by atoms with E-state index in [0.717, 1.165) is 0 Å². The van der Waals surface area contributed by atoms with Crippen LogP contribution in [0.25, 0.3) is 0 Å². The molecule has 0 saturated carbocycles. The highest BCUT2D eigenvalue weighted by Crippen LogP contribution is 2.13. The highest BCUT2D eigenvalue weighted by Gasteiger charge is 2.27. The fourth-order valence-electron chi connectivity index (χ4n) is 1.79. The van der Waals surface area contributed by atoms with Gasteiger partial charge < -0.3 is 14.6 Å². The monoisotopic (exact) mass is 300 g/mol. The Hall–Kier alpha value is -1.14. The Kier molecular flexibility index (Phi) is 3.96. The van der Waals surface area contributed by atoms with Crippen molar-refractivity contribution in [1.82, 2.24) is 9.88 Å². The molecule has 1 N–H and O–H groups in total. The molecule has 0 bridgehead atoms. The third-order valence-corrected chi connectivity index (χ3v) is 3.44. The average Bonchev–Trinajstić information content (AvgIpc) is 2.38. The Bertz CT molecular complexity index is 460. The number of ether oxygens (including phenoxy) is 1. The second-order valence-corrected chi connectivity index (χ2v) is 4.47. The van der Waals surface area contributed by atoms with Crippen molar-refractivity contribution in [1.29, 1.82) is 0 Å². The number of nitrogens with one attached hydrogen (secondary N) is 1. The summed E-state index contributed by atoms with van der Waals surface area (Å²) in [5.74, 6) is -0.121. The first kappa shape index (κ1) is 12.3. The number of aromatic amines is 1. The quantitative estimate of drug-likeness (QED) is 0.814. The Morgan fingerprint density at radius 2 is 2.47 bits per heavy atom. The van der Waals surface area contributed by atoms with Crippen molar-refractivity contribution in [2.45, 2.75) is 6.04 Å². The number of morpholine rings is 1. The van der Waals surface area contributed by atoms with E-state index >= 15 is 0 Å². The molecule has 1 fully saturated rings. The van der Waals surface area contributed by atoms with Crippen LogP contribution in [0.1, 0.15) is 10.4 Å². The Morgan fingerprint density at radius 3 is 3.18 bits per heavy atom. The number of carbonyl (C=O) groups excluding carboxylic acids is 1.